The van der Waals surface area contributed by atoms with Gasteiger partial charge in [-0.05, 0) is 18.1 Å². The summed E-state index contributed by atoms with van der Waals surface area (Å²) >= 11 is 0. The SMILES string of the molecule is O=C(O)CCc1coc(CCc2ccccc2F)n1. The molecule has 0 atom stereocenters. The number of oxazole rings is 1. The molecule has 4 nitrogen and oxygen atoms in total. The summed E-state index contributed by atoms with van der Waals surface area (Å²) in [6, 6.07) is 6.58. The zero-order valence-corrected chi connectivity index (χ0v) is 10.3. The number of carbonyl (C=O) groups is 1. The quantitative estimate of drug-likeness (QED) is 0.870. The second kappa shape index (κ2) is 6.13. The summed E-state index contributed by atoms with van der Waals surface area (Å²) in [6.45, 7) is 0. The number of aryl methyl sites for hydroxylation is 3. The predicted octanol–water partition coefficient (Wildman–Crippen LogP) is 2.62. The van der Waals surface area contributed by atoms with Gasteiger partial charge in [-0.3, -0.25) is 4.79 Å². The van der Waals surface area contributed by atoms with Crippen LogP contribution in [-0.2, 0) is 24.1 Å². The van der Waals surface area contributed by atoms with Gasteiger partial charge in [-0.25, -0.2) is 9.37 Å². The van der Waals surface area contributed by atoms with Crippen LogP contribution in [0.3, 0.4) is 0 Å². The van der Waals surface area contributed by atoms with Crippen LogP contribution in [0.1, 0.15) is 23.6 Å². The van der Waals surface area contributed by atoms with Crippen LogP contribution in [0.25, 0.3) is 0 Å². The average molecular weight is 263 g/mol. The molecule has 0 saturated carbocycles. The minimum atomic E-state index is -0.865. The molecular weight excluding hydrogens is 249 g/mol. The molecule has 0 unspecified atom stereocenters. The molecule has 1 aromatic heterocycles. The summed E-state index contributed by atoms with van der Waals surface area (Å²) in [4.78, 5) is 14.6. The van der Waals surface area contributed by atoms with Crippen LogP contribution in [0.2, 0.25) is 0 Å². The van der Waals surface area contributed by atoms with Gasteiger partial charge in [0.05, 0.1) is 12.1 Å². The van der Waals surface area contributed by atoms with Gasteiger partial charge in [0.25, 0.3) is 0 Å². The lowest BCUT2D eigenvalue weighted by Crippen LogP contribution is -1.98. The Morgan fingerprint density at radius 3 is 2.79 bits per heavy atom. The molecule has 0 bridgehead atoms. The van der Waals surface area contributed by atoms with E-state index in [0.29, 0.717) is 36.4 Å². The lowest BCUT2D eigenvalue weighted by atomic mass is 10.1. The van der Waals surface area contributed by atoms with Gasteiger partial charge < -0.3 is 9.52 Å². The minimum absolute atomic E-state index is 0.0271. The molecule has 0 aliphatic heterocycles. The van der Waals surface area contributed by atoms with E-state index < -0.39 is 5.97 Å². The maximum Gasteiger partial charge on any atom is 0.303 e. The highest BCUT2D eigenvalue weighted by atomic mass is 19.1. The molecule has 0 amide bonds. The van der Waals surface area contributed by atoms with Gasteiger partial charge in [0.2, 0.25) is 0 Å². The molecule has 1 N–H and O–H groups in total. The van der Waals surface area contributed by atoms with Crippen LogP contribution in [0.4, 0.5) is 4.39 Å². The monoisotopic (exact) mass is 263 g/mol. The Hall–Kier alpha value is -2.17. The first kappa shape index (κ1) is 13.3. The highest BCUT2D eigenvalue weighted by Gasteiger charge is 2.08. The fourth-order valence-corrected chi connectivity index (χ4v) is 1.76. The molecule has 0 saturated heterocycles. The highest BCUT2D eigenvalue weighted by molar-refractivity contribution is 5.66. The summed E-state index contributed by atoms with van der Waals surface area (Å²) in [7, 11) is 0. The maximum atomic E-state index is 13.4. The molecule has 0 spiro atoms. The van der Waals surface area contributed by atoms with Gasteiger partial charge in [-0.2, -0.15) is 0 Å². The summed E-state index contributed by atoms with van der Waals surface area (Å²) < 4.78 is 18.6. The van der Waals surface area contributed by atoms with E-state index in [2.05, 4.69) is 4.98 Å². The van der Waals surface area contributed by atoms with Crippen LogP contribution >= 0.6 is 0 Å². The number of nitrogens with zero attached hydrogens (tertiary/aromatic N) is 1. The fraction of sp³-hybridized carbons (Fsp3) is 0.286. The van der Waals surface area contributed by atoms with E-state index in [1.807, 2.05) is 0 Å². The number of rotatable bonds is 6. The molecule has 2 rings (SSSR count). The largest absolute Gasteiger partial charge is 0.481 e. The van der Waals surface area contributed by atoms with Gasteiger partial charge in [-0.15, -0.1) is 0 Å². The van der Waals surface area contributed by atoms with Gasteiger partial charge in [0.1, 0.15) is 12.1 Å². The van der Waals surface area contributed by atoms with E-state index >= 15 is 0 Å². The molecular formula is C14H14FNO3. The minimum Gasteiger partial charge on any atom is -0.481 e. The van der Waals surface area contributed by atoms with Crippen LogP contribution in [0.5, 0.6) is 0 Å². The summed E-state index contributed by atoms with van der Waals surface area (Å²) in [5, 5.41) is 8.56. The van der Waals surface area contributed by atoms with Crippen molar-refractivity contribution in [2.45, 2.75) is 25.7 Å². The summed E-state index contributed by atoms with van der Waals surface area (Å²) in [6.07, 6.45) is 2.83. The molecule has 0 fully saturated rings. The summed E-state index contributed by atoms with van der Waals surface area (Å²) in [5.41, 5.74) is 1.23. The zero-order chi connectivity index (χ0) is 13.7. The fourth-order valence-electron chi connectivity index (χ4n) is 1.76. The van der Waals surface area contributed by atoms with Crippen LogP contribution in [0, 0.1) is 5.82 Å². The normalized spacial score (nSPS) is 10.6. The van der Waals surface area contributed by atoms with Crippen molar-refractivity contribution >= 4 is 5.97 Å². The van der Waals surface area contributed by atoms with Gasteiger partial charge in [-0.1, -0.05) is 18.2 Å². The van der Waals surface area contributed by atoms with Crippen molar-refractivity contribution in [3.8, 4) is 0 Å². The third-order valence-electron chi connectivity index (χ3n) is 2.76. The van der Waals surface area contributed by atoms with E-state index in [0.717, 1.165) is 0 Å². The molecule has 1 heterocycles. The molecule has 100 valence electrons. The first-order chi connectivity index (χ1) is 9.15. The Morgan fingerprint density at radius 1 is 1.26 bits per heavy atom. The predicted molar refractivity (Wildman–Crippen MR) is 66.3 cm³/mol. The first-order valence-electron chi connectivity index (χ1n) is 6.03. The van der Waals surface area contributed by atoms with Crippen LogP contribution < -0.4 is 0 Å². The average Bonchev–Trinajstić information content (AvgIpc) is 2.83. The van der Waals surface area contributed by atoms with Crippen molar-refractivity contribution in [1.82, 2.24) is 4.98 Å². The molecule has 1 aromatic carbocycles. The topological polar surface area (TPSA) is 63.3 Å². The third kappa shape index (κ3) is 3.91. The molecule has 0 aliphatic carbocycles. The van der Waals surface area contributed by atoms with Gasteiger partial charge in [0, 0.05) is 12.8 Å². The molecule has 0 aliphatic rings. The Balaban J connectivity index is 1.90. The third-order valence-corrected chi connectivity index (χ3v) is 2.76. The Morgan fingerprint density at radius 2 is 2.05 bits per heavy atom. The number of hydrogen-bond donors (Lipinski definition) is 1. The van der Waals surface area contributed by atoms with E-state index in [9.17, 15) is 9.18 Å². The van der Waals surface area contributed by atoms with Crippen molar-refractivity contribution in [3.63, 3.8) is 0 Å². The first-order valence-corrected chi connectivity index (χ1v) is 6.03. The number of hydrogen-bond acceptors (Lipinski definition) is 3. The van der Waals surface area contributed by atoms with Crippen molar-refractivity contribution in [2.24, 2.45) is 0 Å². The van der Waals surface area contributed by atoms with E-state index in [1.54, 1.807) is 18.2 Å². The van der Waals surface area contributed by atoms with Gasteiger partial charge in [0.15, 0.2) is 5.89 Å². The number of benzene rings is 1. The number of carboxylic acids is 1. The van der Waals surface area contributed by atoms with E-state index in [1.165, 1.54) is 12.3 Å². The number of aromatic nitrogens is 1. The smallest absolute Gasteiger partial charge is 0.303 e. The zero-order valence-electron chi connectivity index (χ0n) is 10.3. The lowest BCUT2D eigenvalue weighted by molar-refractivity contribution is -0.136. The number of aliphatic carboxylic acids is 1. The number of halogens is 1. The Labute approximate surface area is 109 Å². The Kier molecular flexibility index (Phi) is 4.28. The van der Waals surface area contributed by atoms with Crippen molar-refractivity contribution in [2.75, 3.05) is 0 Å². The second-order valence-corrected chi connectivity index (χ2v) is 4.22. The van der Waals surface area contributed by atoms with Crippen molar-refractivity contribution < 1.29 is 18.7 Å². The summed E-state index contributed by atoms with van der Waals surface area (Å²) in [5.74, 6) is -0.597. The lowest BCUT2D eigenvalue weighted by Gasteiger charge is -1.99. The molecule has 19 heavy (non-hydrogen) atoms. The van der Waals surface area contributed by atoms with Gasteiger partial charge >= 0.3 is 5.97 Å². The second-order valence-electron chi connectivity index (χ2n) is 4.22. The highest BCUT2D eigenvalue weighted by Crippen LogP contribution is 2.11. The van der Waals surface area contributed by atoms with E-state index in [-0.39, 0.29) is 12.2 Å². The van der Waals surface area contributed by atoms with E-state index in [4.69, 9.17) is 9.52 Å². The standard InChI is InChI=1S/C14H14FNO3/c15-12-4-2-1-3-10(12)5-7-13-16-11(9-19-13)6-8-14(17)18/h1-4,9H,5-8H2,(H,17,18). The molecule has 0 radical (unpaired) electrons. The van der Waals surface area contributed by atoms with Crippen LogP contribution in [0.15, 0.2) is 34.9 Å². The van der Waals surface area contributed by atoms with Crippen molar-refractivity contribution in [1.29, 1.82) is 0 Å². The van der Waals surface area contributed by atoms with Crippen LogP contribution in [-0.4, -0.2) is 16.1 Å². The van der Waals surface area contributed by atoms with Crippen molar-refractivity contribution in [3.05, 3.63) is 53.5 Å². The Bertz CT molecular complexity index is 565. The maximum absolute atomic E-state index is 13.4. The molecule has 5 heteroatoms. The molecule has 2 aromatic rings. The number of carboxylic acid groups (broad SMARTS) is 1.